The second-order valence-corrected chi connectivity index (χ2v) is 7.88. The number of thiocarbonyl (C=S) groups is 1. The third-order valence-corrected chi connectivity index (χ3v) is 5.74. The minimum absolute atomic E-state index is 0.252. The molecule has 0 saturated carbocycles. The molecule has 146 valence electrons. The van der Waals surface area contributed by atoms with Crippen LogP contribution in [0.4, 0.5) is 0 Å². The van der Waals surface area contributed by atoms with Gasteiger partial charge in [-0.05, 0) is 48.6 Å². The monoisotopic (exact) mass is 424 g/mol. The van der Waals surface area contributed by atoms with E-state index in [0.717, 1.165) is 27.8 Å². The molecule has 1 aromatic heterocycles. The molecule has 2 heterocycles. The number of nitrogens with one attached hydrogen (secondary N) is 1. The smallest absolute Gasteiger partial charge is 0.285 e. The van der Waals surface area contributed by atoms with Crippen LogP contribution >= 0.6 is 24.0 Å². The molecule has 0 aliphatic carbocycles. The molecule has 3 aromatic rings. The Morgan fingerprint density at radius 3 is 2.62 bits per heavy atom. The van der Waals surface area contributed by atoms with Crippen LogP contribution in [0.25, 0.3) is 17.1 Å². The van der Waals surface area contributed by atoms with E-state index in [-0.39, 0.29) is 4.32 Å². The second-order valence-electron chi connectivity index (χ2n) is 6.20. The van der Waals surface area contributed by atoms with E-state index < -0.39 is 11.8 Å². The van der Waals surface area contributed by atoms with Gasteiger partial charge in [-0.25, -0.2) is 4.98 Å². The third-order valence-electron chi connectivity index (χ3n) is 4.44. The number of benzene rings is 2. The molecule has 2 amide bonds. The first-order chi connectivity index (χ1) is 14.0. The molecule has 7 nitrogen and oxygen atoms in total. The predicted molar refractivity (Wildman–Crippen MR) is 116 cm³/mol. The number of methoxy groups -OCH3 is 1. The summed E-state index contributed by atoms with van der Waals surface area (Å²) in [7, 11) is 3.43. The average Bonchev–Trinajstić information content (AvgIpc) is 3.19. The normalized spacial score (nSPS) is 15.4. The van der Waals surface area contributed by atoms with Crippen LogP contribution in [-0.4, -0.2) is 37.8 Å². The van der Waals surface area contributed by atoms with Crippen LogP contribution in [0.2, 0.25) is 0 Å². The van der Waals surface area contributed by atoms with Crippen molar-refractivity contribution >= 4 is 57.2 Å². The topological polar surface area (TPSA) is 76.5 Å². The van der Waals surface area contributed by atoms with Crippen molar-refractivity contribution in [1.29, 1.82) is 0 Å². The fourth-order valence-corrected chi connectivity index (χ4v) is 4.03. The Labute approximate surface area is 176 Å². The van der Waals surface area contributed by atoms with Gasteiger partial charge in [-0.1, -0.05) is 23.9 Å². The molecule has 1 fully saturated rings. The van der Waals surface area contributed by atoms with Crippen molar-refractivity contribution in [2.45, 2.75) is 0 Å². The fraction of sp³-hybridized carbons (Fsp3) is 0.100. The fourth-order valence-electron chi connectivity index (χ4n) is 2.88. The number of para-hydroxylation sites is 2. The Morgan fingerprint density at radius 1 is 1.21 bits per heavy atom. The number of thioether (sulfide) groups is 1. The van der Waals surface area contributed by atoms with E-state index in [0.29, 0.717) is 22.0 Å². The van der Waals surface area contributed by atoms with Gasteiger partial charge in [-0.15, -0.1) is 0 Å². The number of ether oxygens (including phenoxy) is 1. The first-order valence-corrected chi connectivity index (χ1v) is 9.85. The number of imidazole rings is 1. The highest BCUT2D eigenvalue weighted by molar-refractivity contribution is 8.26. The van der Waals surface area contributed by atoms with Crippen LogP contribution in [0.5, 0.6) is 5.75 Å². The second kappa shape index (κ2) is 7.69. The van der Waals surface area contributed by atoms with Gasteiger partial charge in [-0.3, -0.25) is 15.0 Å². The summed E-state index contributed by atoms with van der Waals surface area (Å²) in [6.07, 6.45) is 1.68. The molecule has 0 spiro atoms. The SMILES string of the molecule is COc1ccc(C(=O)NN2C(=O)/C(=C\c3nc4ccccc4n3C)SC2=S)cc1. The third kappa shape index (κ3) is 3.62. The lowest BCUT2D eigenvalue weighted by Crippen LogP contribution is -2.44. The lowest BCUT2D eigenvalue weighted by Gasteiger charge is -2.15. The summed E-state index contributed by atoms with van der Waals surface area (Å²) in [5.74, 6) is 0.438. The summed E-state index contributed by atoms with van der Waals surface area (Å²) >= 11 is 6.40. The number of carbonyl (C=O) groups excluding carboxylic acids is 2. The molecule has 1 aliphatic rings. The number of amides is 2. The summed E-state index contributed by atoms with van der Waals surface area (Å²) in [6.45, 7) is 0. The molecule has 9 heteroatoms. The van der Waals surface area contributed by atoms with E-state index in [1.54, 1.807) is 37.5 Å². The Balaban J connectivity index is 1.55. The van der Waals surface area contributed by atoms with E-state index in [1.807, 2.05) is 35.9 Å². The predicted octanol–water partition coefficient (Wildman–Crippen LogP) is 3.13. The Hall–Kier alpha value is -3.17. The summed E-state index contributed by atoms with van der Waals surface area (Å²) in [5, 5.41) is 1.08. The summed E-state index contributed by atoms with van der Waals surface area (Å²) < 4.78 is 7.24. The van der Waals surface area contributed by atoms with Crippen molar-refractivity contribution in [1.82, 2.24) is 20.0 Å². The van der Waals surface area contributed by atoms with Gasteiger partial charge < -0.3 is 9.30 Å². The Morgan fingerprint density at radius 2 is 1.93 bits per heavy atom. The Kier molecular flexibility index (Phi) is 5.08. The van der Waals surface area contributed by atoms with E-state index in [4.69, 9.17) is 17.0 Å². The highest BCUT2D eigenvalue weighted by Gasteiger charge is 2.34. The molecule has 2 aromatic carbocycles. The zero-order chi connectivity index (χ0) is 20.5. The average molecular weight is 425 g/mol. The van der Waals surface area contributed by atoms with Crippen LogP contribution in [0, 0.1) is 0 Å². The summed E-state index contributed by atoms with van der Waals surface area (Å²) in [6, 6.07) is 14.3. The first kappa shape index (κ1) is 19.2. The van der Waals surface area contributed by atoms with Gasteiger partial charge in [0.2, 0.25) is 0 Å². The van der Waals surface area contributed by atoms with Crippen LogP contribution in [0.3, 0.4) is 0 Å². The van der Waals surface area contributed by atoms with Crippen molar-refractivity contribution in [2.75, 3.05) is 7.11 Å². The molecule has 0 atom stereocenters. The maximum Gasteiger partial charge on any atom is 0.285 e. The van der Waals surface area contributed by atoms with Crippen molar-refractivity contribution in [3.63, 3.8) is 0 Å². The minimum atomic E-state index is -0.437. The van der Waals surface area contributed by atoms with Crippen molar-refractivity contribution in [3.8, 4) is 5.75 Å². The van der Waals surface area contributed by atoms with Gasteiger partial charge in [0.05, 0.1) is 23.0 Å². The number of hydrogen-bond donors (Lipinski definition) is 1. The van der Waals surface area contributed by atoms with Gasteiger partial charge in [0.1, 0.15) is 11.6 Å². The quantitative estimate of drug-likeness (QED) is 0.512. The van der Waals surface area contributed by atoms with Crippen molar-refractivity contribution in [2.24, 2.45) is 7.05 Å². The van der Waals surface area contributed by atoms with E-state index in [2.05, 4.69) is 10.4 Å². The molecule has 1 aliphatic heterocycles. The molecular formula is C20H16N4O3S2. The lowest BCUT2D eigenvalue weighted by molar-refractivity contribution is -0.123. The largest absolute Gasteiger partial charge is 0.497 e. The maximum absolute atomic E-state index is 12.8. The molecule has 0 radical (unpaired) electrons. The zero-order valence-corrected chi connectivity index (χ0v) is 17.2. The molecule has 4 rings (SSSR count). The highest BCUT2D eigenvalue weighted by Crippen LogP contribution is 2.31. The van der Waals surface area contributed by atoms with Crippen LogP contribution in [-0.2, 0) is 11.8 Å². The van der Waals surface area contributed by atoms with Crippen molar-refractivity contribution in [3.05, 3.63) is 64.8 Å². The maximum atomic E-state index is 12.8. The van der Waals surface area contributed by atoms with Crippen molar-refractivity contribution < 1.29 is 14.3 Å². The Bertz CT molecular complexity index is 1170. The number of fused-ring (bicyclic) bond motifs is 1. The molecule has 0 unspecified atom stereocenters. The number of rotatable bonds is 4. The van der Waals surface area contributed by atoms with Gasteiger partial charge in [0.25, 0.3) is 11.8 Å². The van der Waals surface area contributed by atoms with Crippen LogP contribution < -0.4 is 10.2 Å². The van der Waals surface area contributed by atoms with E-state index in [1.165, 1.54) is 0 Å². The standard InChI is InChI=1S/C20H16N4O3S2/c1-23-15-6-4-3-5-14(15)21-17(23)11-16-19(26)24(20(28)29-16)22-18(25)12-7-9-13(27-2)10-8-12/h3-11H,1-2H3,(H,22,25)/b16-11+. The number of carbonyl (C=O) groups is 2. The number of hydrogen-bond acceptors (Lipinski definition) is 6. The van der Waals surface area contributed by atoms with Gasteiger partial charge in [0.15, 0.2) is 4.32 Å². The van der Waals surface area contributed by atoms with Crippen LogP contribution in [0.15, 0.2) is 53.4 Å². The van der Waals surface area contributed by atoms with Crippen LogP contribution in [0.1, 0.15) is 16.2 Å². The number of hydrazine groups is 1. The summed E-state index contributed by atoms with van der Waals surface area (Å²) in [5.41, 5.74) is 4.75. The lowest BCUT2D eigenvalue weighted by atomic mass is 10.2. The first-order valence-electron chi connectivity index (χ1n) is 8.62. The molecule has 0 bridgehead atoms. The molecular weight excluding hydrogens is 408 g/mol. The summed E-state index contributed by atoms with van der Waals surface area (Å²) in [4.78, 5) is 30.2. The molecule has 29 heavy (non-hydrogen) atoms. The van der Waals surface area contributed by atoms with Gasteiger partial charge in [0, 0.05) is 18.7 Å². The molecule has 1 saturated heterocycles. The van der Waals surface area contributed by atoms with Gasteiger partial charge in [-0.2, -0.15) is 5.01 Å². The molecule has 1 N–H and O–H groups in total. The zero-order valence-electron chi connectivity index (χ0n) is 15.6. The number of aromatic nitrogens is 2. The van der Waals surface area contributed by atoms with E-state index in [9.17, 15) is 9.59 Å². The number of nitrogens with zero attached hydrogens (tertiary/aromatic N) is 3. The van der Waals surface area contributed by atoms with E-state index >= 15 is 0 Å². The van der Waals surface area contributed by atoms with Gasteiger partial charge >= 0.3 is 0 Å². The minimum Gasteiger partial charge on any atom is -0.497 e. The number of aryl methyl sites for hydroxylation is 1. The highest BCUT2D eigenvalue weighted by atomic mass is 32.2.